The van der Waals surface area contributed by atoms with Crippen molar-refractivity contribution in [2.24, 2.45) is 0 Å². The fraction of sp³-hybridized carbons (Fsp3) is 0.643. The highest BCUT2D eigenvalue weighted by Gasteiger charge is 2.36. The van der Waals surface area contributed by atoms with Gasteiger partial charge < -0.3 is 10.2 Å². The van der Waals surface area contributed by atoms with Crippen molar-refractivity contribution in [1.82, 2.24) is 10.2 Å². The van der Waals surface area contributed by atoms with Gasteiger partial charge in [0, 0.05) is 36.9 Å². The van der Waals surface area contributed by atoms with Gasteiger partial charge in [0.05, 0.1) is 4.88 Å². The summed E-state index contributed by atoms with van der Waals surface area (Å²) in [4.78, 5) is 15.7. The van der Waals surface area contributed by atoms with E-state index in [1.807, 2.05) is 12.1 Å². The number of rotatable bonds is 2. The molecule has 0 aromatic carbocycles. The average Bonchev–Trinajstić information content (AvgIpc) is 3.09. The number of carbonyl (C=O) groups is 1. The van der Waals surface area contributed by atoms with Crippen LogP contribution in [0.25, 0.3) is 0 Å². The Morgan fingerprint density at radius 1 is 1.35 bits per heavy atom. The van der Waals surface area contributed by atoms with E-state index < -0.39 is 5.92 Å². The van der Waals surface area contributed by atoms with Crippen LogP contribution in [0.15, 0.2) is 12.1 Å². The van der Waals surface area contributed by atoms with Crippen molar-refractivity contribution in [1.29, 1.82) is 0 Å². The number of nitrogens with one attached hydrogen (secondary N) is 1. The third-order valence-electron chi connectivity index (χ3n) is 4.02. The monoisotopic (exact) mass is 300 g/mol. The number of halogens is 2. The van der Waals surface area contributed by atoms with E-state index in [9.17, 15) is 13.6 Å². The molecule has 110 valence electrons. The second kappa shape index (κ2) is 5.41. The molecule has 1 unspecified atom stereocenters. The third-order valence-corrected chi connectivity index (χ3v) is 5.21. The van der Waals surface area contributed by atoms with Gasteiger partial charge in [-0.3, -0.25) is 4.79 Å². The SMILES string of the molecule is O=C(c1ccc(C2CCCN2)s1)N1CCC(F)(F)CC1. The first-order chi connectivity index (χ1) is 9.55. The number of thiophene rings is 1. The molecule has 0 spiro atoms. The first-order valence-corrected chi connectivity index (χ1v) is 7.87. The van der Waals surface area contributed by atoms with Gasteiger partial charge in [-0.2, -0.15) is 0 Å². The summed E-state index contributed by atoms with van der Waals surface area (Å²) >= 11 is 1.49. The highest BCUT2D eigenvalue weighted by Crippen LogP contribution is 2.32. The van der Waals surface area contributed by atoms with E-state index in [0.29, 0.717) is 10.9 Å². The highest BCUT2D eigenvalue weighted by atomic mass is 32.1. The summed E-state index contributed by atoms with van der Waals surface area (Å²) in [6.07, 6.45) is 1.82. The minimum atomic E-state index is -2.61. The molecule has 3 rings (SSSR count). The minimum Gasteiger partial charge on any atom is -0.338 e. The molecule has 0 aliphatic carbocycles. The zero-order chi connectivity index (χ0) is 14.2. The maximum atomic E-state index is 13.1. The molecular formula is C14H18F2N2OS. The van der Waals surface area contributed by atoms with Gasteiger partial charge in [-0.15, -0.1) is 11.3 Å². The molecule has 1 atom stereocenters. The van der Waals surface area contributed by atoms with Crippen LogP contribution in [0.4, 0.5) is 8.78 Å². The summed E-state index contributed by atoms with van der Waals surface area (Å²) in [6, 6.07) is 4.17. The Kier molecular flexibility index (Phi) is 3.77. The molecule has 2 aliphatic heterocycles. The van der Waals surface area contributed by atoms with E-state index in [1.165, 1.54) is 16.2 Å². The van der Waals surface area contributed by atoms with E-state index in [-0.39, 0.29) is 31.8 Å². The third kappa shape index (κ3) is 2.86. The summed E-state index contributed by atoms with van der Waals surface area (Å²) in [7, 11) is 0. The topological polar surface area (TPSA) is 32.3 Å². The van der Waals surface area contributed by atoms with Crippen molar-refractivity contribution in [3.8, 4) is 0 Å². The number of amides is 1. The molecule has 2 saturated heterocycles. The van der Waals surface area contributed by atoms with E-state index in [4.69, 9.17) is 0 Å². The first-order valence-electron chi connectivity index (χ1n) is 7.05. The molecule has 3 nitrogen and oxygen atoms in total. The van der Waals surface area contributed by atoms with Crippen LogP contribution in [0.2, 0.25) is 0 Å². The van der Waals surface area contributed by atoms with Gasteiger partial charge in [0.2, 0.25) is 0 Å². The molecule has 6 heteroatoms. The zero-order valence-electron chi connectivity index (χ0n) is 11.2. The Balaban J connectivity index is 1.65. The second-order valence-corrected chi connectivity index (χ2v) is 6.61. The molecule has 2 fully saturated rings. The number of likely N-dealkylation sites (tertiary alicyclic amines) is 1. The Morgan fingerprint density at radius 3 is 2.75 bits per heavy atom. The molecule has 0 bridgehead atoms. The largest absolute Gasteiger partial charge is 0.338 e. The number of hydrogen-bond donors (Lipinski definition) is 1. The van der Waals surface area contributed by atoms with Crippen LogP contribution in [0.3, 0.4) is 0 Å². The van der Waals surface area contributed by atoms with Gasteiger partial charge in [0.25, 0.3) is 11.8 Å². The standard InChI is InChI=1S/C14H18F2N2OS/c15-14(16)5-8-18(9-6-14)13(19)12-4-3-11(20-12)10-2-1-7-17-10/h3-4,10,17H,1-2,5-9H2. The van der Waals surface area contributed by atoms with Crippen LogP contribution in [-0.2, 0) is 0 Å². The lowest BCUT2D eigenvalue weighted by molar-refractivity contribution is -0.0493. The lowest BCUT2D eigenvalue weighted by atomic mass is 10.1. The van der Waals surface area contributed by atoms with Crippen LogP contribution < -0.4 is 5.32 Å². The fourth-order valence-corrected chi connectivity index (χ4v) is 3.86. The Morgan fingerprint density at radius 2 is 2.10 bits per heavy atom. The quantitative estimate of drug-likeness (QED) is 0.910. The Bertz CT molecular complexity index is 487. The number of nitrogens with zero attached hydrogens (tertiary/aromatic N) is 1. The van der Waals surface area contributed by atoms with E-state index in [0.717, 1.165) is 19.4 Å². The van der Waals surface area contributed by atoms with Crippen molar-refractivity contribution in [2.45, 2.75) is 37.6 Å². The predicted molar refractivity (Wildman–Crippen MR) is 74.4 cm³/mol. The summed E-state index contributed by atoms with van der Waals surface area (Å²) in [5.41, 5.74) is 0. The summed E-state index contributed by atoms with van der Waals surface area (Å²) in [5.74, 6) is -2.71. The number of carbonyl (C=O) groups excluding carboxylic acids is 1. The molecule has 1 amide bonds. The summed E-state index contributed by atoms with van der Waals surface area (Å²) < 4.78 is 26.2. The minimum absolute atomic E-state index is 0.102. The van der Waals surface area contributed by atoms with E-state index in [1.54, 1.807) is 4.90 Å². The Hall–Kier alpha value is -1.01. The maximum absolute atomic E-state index is 13.1. The van der Waals surface area contributed by atoms with Crippen molar-refractivity contribution < 1.29 is 13.6 Å². The molecule has 1 aromatic rings. The fourth-order valence-electron chi connectivity index (χ4n) is 2.78. The molecule has 2 aliphatic rings. The van der Waals surface area contributed by atoms with Crippen LogP contribution >= 0.6 is 11.3 Å². The molecule has 1 N–H and O–H groups in total. The van der Waals surface area contributed by atoms with Gasteiger partial charge in [-0.05, 0) is 31.5 Å². The number of piperidine rings is 1. The Labute approximate surface area is 121 Å². The van der Waals surface area contributed by atoms with E-state index in [2.05, 4.69) is 5.32 Å². The molecular weight excluding hydrogens is 282 g/mol. The lowest BCUT2D eigenvalue weighted by Gasteiger charge is -2.31. The molecule has 3 heterocycles. The van der Waals surface area contributed by atoms with Gasteiger partial charge >= 0.3 is 0 Å². The molecule has 0 saturated carbocycles. The van der Waals surface area contributed by atoms with Gasteiger partial charge in [-0.1, -0.05) is 0 Å². The lowest BCUT2D eigenvalue weighted by Crippen LogP contribution is -2.42. The predicted octanol–water partition coefficient (Wildman–Crippen LogP) is 3.04. The van der Waals surface area contributed by atoms with Crippen molar-refractivity contribution in [3.63, 3.8) is 0 Å². The summed E-state index contributed by atoms with van der Waals surface area (Å²) in [6.45, 7) is 1.33. The van der Waals surface area contributed by atoms with Crippen LogP contribution in [0.5, 0.6) is 0 Å². The van der Waals surface area contributed by atoms with Crippen LogP contribution in [-0.4, -0.2) is 36.4 Å². The smallest absolute Gasteiger partial charge is 0.263 e. The van der Waals surface area contributed by atoms with Crippen molar-refractivity contribution in [2.75, 3.05) is 19.6 Å². The zero-order valence-corrected chi connectivity index (χ0v) is 12.0. The average molecular weight is 300 g/mol. The van der Waals surface area contributed by atoms with Gasteiger partial charge in [-0.25, -0.2) is 8.78 Å². The number of alkyl halides is 2. The van der Waals surface area contributed by atoms with E-state index >= 15 is 0 Å². The maximum Gasteiger partial charge on any atom is 0.263 e. The number of hydrogen-bond acceptors (Lipinski definition) is 3. The van der Waals surface area contributed by atoms with Gasteiger partial charge in [0.1, 0.15) is 0 Å². The van der Waals surface area contributed by atoms with Gasteiger partial charge in [0.15, 0.2) is 0 Å². The van der Waals surface area contributed by atoms with Crippen molar-refractivity contribution in [3.05, 3.63) is 21.9 Å². The second-order valence-electron chi connectivity index (χ2n) is 5.50. The molecule has 0 radical (unpaired) electrons. The van der Waals surface area contributed by atoms with Crippen molar-refractivity contribution >= 4 is 17.2 Å². The normalized spacial score (nSPS) is 25.9. The van der Waals surface area contributed by atoms with Crippen LogP contribution in [0, 0.1) is 0 Å². The first kappa shape index (κ1) is 13.9. The molecule has 1 aromatic heterocycles. The summed E-state index contributed by atoms with van der Waals surface area (Å²) in [5, 5.41) is 3.40. The van der Waals surface area contributed by atoms with Crippen LogP contribution in [0.1, 0.15) is 46.3 Å². The highest BCUT2D eigenvalue weighted by molar-refractivity contribution is 7.14. The molecule has 20 heavy (non-hydrogen) atoms.